The number of aromatic nitrogens is 3. The zero-order valence-corrected chi connectivity index (χ0v) is 19.8. The van der Waals surface area contributed by atoms with Crippen LogP contribution in [0.15, 0.2) is 12.5 Å². The van der Waals surface area contributed by atoms with Gasteiger partial charge in [0.25, 0.3) is 0 Å². The zero-order valence-electron chi connectivity index (χ0n) is 19.8. The Balaban J connectivity index is 0.000000256. The predicted molar refractivity (Wildman–Crippen MR) is 129 cm³/mol. The van der Waals surface area contributed by atoms with Crippen molar-refractivity contribution in [3.63, 3.8) is 0 Å². The van der Waals surface area contributed by atoms with Gasteiger partial charge in [0.05, 0.1) is 5.39 Å². The summed E-state index contributed by atoms with van der Waals surface area (Å²) in [6.45, 7) is 10.5. The minimum atomic E-state index is 0.556. The van der Waals surface area contributed by atoms with E-state index in [0.717, 1.165) is 50.6 Å². The van der Waals surface area contributed by atoms with Crippen molar-refractivity contribution in [2.75, 3.05) is 51.8 Å². The van der Waals surface area contributed by atoms with Crippen molar-refractivity contribution in [1.29, 1.82) is 0 Å². The molecular weight excluding hydrogens is 388 g/mol. The molecular formula is C24H42N6O. The molecule has 2 aromatic heterocycles. The van der Waals surface area contributed by atoms with Crippen LogP contribution < -0.4 is 10.6 Å². The first-order valence-electron chi connectivity index (χ1n) is 12.4. The van der Waals surface area contributed by atoms with Crippen molar-refractivity contribution in [2.45, 2.75) is 70.8 Å². The van der Waals surface area contributed by atoms with Crippen molar-refractivity contribution in [3.8, 4) is 0 Å². The molecule has 1 saturated carbocycles. The van der Waals surface area contributed by atoms with E-state index >= 15 is 0 Å². The van der Waals surface area contributed by atoms with Gasteiger partial charge in [-0.05, 0) is 44.2 Å². The smallest absolute Gasteiger partial charge is 0.143 e. The first kappa shape index (κ1) is 24.0. The van der Waals surface area contributed by atoms with E-state index in [1.165, 1.54) is 56.1 Å². The van der Waals surface area contributed by atoms with Gasteiger partial charge < -0.3 is 25.3 Å². The predicted octanol–water partition coefficient (Wildman–Crippen LogP) is 4.14. The Morgan fingerprint density at radius 1 is 1.00 bits per heavy atom. The Labute approximate surface area is 187 Å². The standard InChI is InChI=1S/C17H24N4O.C5H12N2.C2H6/c1-2-4-13(5-3-1)21-17-15-14(12-6-8-22-9-7-12)10-18-16(15)19-11-20-17;1-7-4-2-6-3-5-7;1-2/h10-13H,1-9H2,(H2,18,19,20,21);6H,2-5H2,1H3;1-2H3. The van der Waals surface area contributed by atoms with E-state index in [4.69, 9.17) is 4.74 Å². The maximum absolute atomic E-state index is 5.50. The van der Waals surface area contributed by atoms with Gasteiger partial charge in [0.2, 0.25) is 0 Å². The first-order chi connectivity index (χ1) is 15.3. The van der Waals surface area contributed by atoms with Gasteiger partial charge in [-0.25, -0.2) is 9.97 Å². The molecule has 5 rings (SSSR count). The molecule has 0 bridgehead atoms. The molecule has 0 aromatic carbocycles. The number of nitrogens with zero attached hydrogens (tertiary/aromatic N) is 3. The lowest BCUT2D eigenvalue weighted by molar-refractivity contribution is 0.0856. The van der Waals surface area contributed by atoms with E-state index < -0.39 is 0 Å². The lowest BCUT2D eigenvalue weighted by atomic mass is 9.91. The maximum Gasteiger partial charge on any atom is 0.143 e. The number of fused-ring (bicyclic) bond motifs is 1. The minimum Gasteiger partial charge on any atom is -0.381 e. The minimum absolute atomic E-state index is 0.556. The summed E-state index contributed by atoms with van der Waals surface area (Å²) in [4.78, 5) is 14.6. The SMILES string of the molecule is CC.CN1CCNCC1.c1nc(NC2CCCCC2)c2c(C3CCOCC3)c[nH]c2n1. The zero-order chi connectivity index (χ0) is 21.9. The summed E-state index contributed by atoms with van der Waals surface area (Å²) in [5.74, 6) is 1.57. The summed E-state index contributed by atoms with van der Waals surface area (Å²) in [5.41, 5.74) is 2.31. The molecule has 1 aliphatic carbocycles. The molecule has 3 N–H and O–H groups in total. The van der Waals surface area contributed by atoms with Gasteiger partial charge in [-0.3, -0.25) is 0 Å². The highest BCUT2D eigenvalue weighted by molar-refractivity contribution is 5.90. The van der Waals surface area contributed by atoms with Crippen LogP contribution in [0.3, 0.4) is 0 Å². The Kier molecular flexibility index (Phi) is 10.0. The van der Waals surface area contributed by atoms with E-state index in [1.54, 1.807) is 6.33 Å². The fraction of sp³-hybridized carbons (Fsp3) is 0.750. The summed E-state index contributed by atoms with van der Waals surface area (Å²) in [5, 5.41) is 8.15. The van der Waals surface area contributed by atoms with Crippen molar-refractivity contribution in [3.05, 3.63) is 18.1 Å². The van der Waals surface area contributed by atoms with E-state index in [9.17, 15) is 0 Å². The number of aromatic amines is 1. The highest BCUT2D eigenvalue weighted by Crippen LogP contribution is 2.35. The van der Waals surface area contributed by atoms with Crippen LogP contribution in [0.25, 0.3) is 11.0 Å². The Morgan fingerprint density at radius 2 is 1.71 bits per heavy atom. The first-order valence-corrected chi connectivity index (χ1v) is 12.4. The molecule has 3 aliphatic rings. The summed E-state index contributed by atoms with van der Waals surface area (Å²) in [6, 6.07) is 0.560. The second-order valence-corrected chi connectivity index (χ2v) is 8.61. The van der Waals surface area contributed by atoms with Gasteiger partial charge in [0.1, 0.15) is 17.8 Å². The van der Waals surface area contributed by atoms with Crippen LogP contribution in [0.5, 0.6) is 0 Å². The molecule has 4 heterocycles. The number of piperazine rings is 1. The molecule has 2 aromatic rings. The van der Waals surface area contributed by atoms with Crippen LogP contribution in [0.4, 0.5) is 5.82 Å². The van der Waals surface area contributed by atoms with Crippen molar-refractivity contribution >= 4 is 16.9 Å². The number of likely N-dealkylation sites (N-methyl/N-ethyl adjacent to an activating group) is 1. The van der Waals surface area contributed by atoms with E-state index in [1.807, 2.05) is 13.8 Å². The highest BCUT2D eigenvalue weighted by Gasteiger charge is 2.23. The summed E-state index contributed by atoms with van der Waals surface area (Å²) >= 11 is 0. The van der Waals surface area contributed by atoms with E-state index in [0.29, 0.717) is 12.0 Å². The van der Waals surface area contributed by atoms with Gasteiger partial charge in [-0.2, -0.15) is 0 Å². The molecule has 2 aliphatic heterocycles. The number of hydrogen-bond donors (Lipinski definition) is 3. The fourth-order valence-corrected chi connectivity index (χ4v) is 4.64. The Hall–Kier alpha value is -1.70. The Bertz CT molecular complexity index is 746. The van der Waals surface area contributed by atoms with Gasteiger partial charge in [-0.1, -0.05) is 33.1 Å². The number of nitrogens with one attached hydrogen (secondary N) is 3. The van der Waals surface area contributed by atoms with Crippen LogP contribution in [-0.2, 0) is 4.74 Å². The van der Waals surface area contributed by atoms with Crippen LogP contribution in [0.2, 0.25) is 0 Å². The van der Waals surface area contributed by atoms with Gasteiger partial charge in [0.15, 0.2) is 0 Å². The largest absolute Gasteiger partial charge is 0.381 e. The second kappa shape index (κ2) is 13.0. The molecule has 3 fully saturated rings. The van der Waals surface area contributed by atoms with Gasteiger partial charge in [-0.15, -0.1) is 0 Å². The van der Waals surface area contributed by atoms with Gasteiger partial charge in [0, 0.05) is 51.6 Å². The number of rotatable bonds is 3. The molecule has 7 nitrogen and oxygen atoms in total. The topological polar surface area (TPSA) is 78.1 Å². The summed E-state index contributed by atoms with van der Waals surface area (Å²) < 4.78 is 5.50. The molecule has 0 atom stereocenters. The quantitative estimate of drug-likeness (QED) is 0.679. The molecule has 2 saturated heterocycles. The van der Waals surface area contributed by atoms with Crippen LogP contribution in [-0.4, -0.2) is 72.3 Å². The third-order valence-corrected chi connectivity index (χ3v) is 6.45. The Morgan fingerprint density at radius 3 is 2.35 bits per heavy atom. The third-order valence-electron chi connectivity index (χ3n) is 6.45. The molecule has 0 unspecified atom stereocenters. The summed E-state index contributed by atoms with van der Waals surface area (Å²) in [7, 11) is 2.15. The van der Waals surface area contributed by atoms with Crippen molar-refractivity contribution in [1.82, 2.24) is 25.2 Å². The molecule has 7 heteroatoms. The number of hydrogen-bond acceptors (Lipinski definition) is 6. The number of H-pyrrole nitrogens is 1. The summed E-state index contributed by atoms with van der Waals surface area (Å²) in [6.07, 6.45) is 12.5. The number of anilines is 1. The van der Waals surface area contributed by atoms with Crippen molar-refractivity contribution in [2.24, 2.45) is 0 Å². The van der Waals surface area contributed by atoms with E-state index in [2.05, 4.69) is 43.7 Å². The molecule has 174 valence electrons. The third kappa shape index (κ3) is 6.89. The molecule has 31 heavy (non-hydrogen) atoms. The highest BCUT2D eigenvalue weighted by atomic mass is 16.5. The molecule has 0 radical (unpaired) electrons. The van der Waals surface area contributed by atoms with Crippen LogP contribution >= 0.6 is 0 Å². The molecule has 0 spiro atoms. The lowest BCUT2D eigenvalue weighted by Crippen LogP contribution is -2.40. The second-order valence-electron chi connectivity index (χ2n) is 8.61. The fourth-order valence-electron chi connectivity index (χ4n) is 4.64. The average Bonchev–Trinajstić information content (AvgIpc) is 3.28. The van der Waals surface area contributed by atoms with Crippen LogP contribution in [0, 0.1) is 0 Å². The van der Waals surface area contributed by atoms with E-state index in [-0.39, 0.29) is 0 Å². The van der Waals surface area contributed by atoms with Crippen molar-refractivity contribution < 1.29 is 4.74 Å². The maximum atomic E-state index is 5.50. The normalized spacial score (nSPS) is 21.0. The average molecular weight is 431 g/mol. The van der Waals surface area contributed by atoms with Crippen LogP contribution in [0.1, 0.15) is 70.3 Å². The molecule has 0 amide bonds. The lowest BCUT2D eigenvalue weighted by Gasteiger charge is -2.25. The monoisotopic (exact) mass is 430 g/mol. The number of ether oxygens (including phenoxy) is 1. The van der Waals surface area contributed by atoms with Gasteiger partial charge >= 0.3 is 0 Å².